The number of H-pyrrole nitrogens is 1. The van der Waals surface area contributed by atoms with Crippen molar-refractivity contribution in [1.29, 1.82) is 0 Å². The number of aromatic nitrogens is 4. The number of para-hydroxylation sites is 1. The fraction of sp³-hybridized carbons (Fsp3) is 0.150. The summed E-state index contributed by atoms with van der Waals surface area (Å²) in [6, 6.07) is 16.6. The number of pyridine rings is 1. The first-order valence-electron chi connectivity index (χ1n) is 8.60. The molecular formula is C20H17ClN4O2S. The van der Waals surface area contributed by atoms with E-state index >= 15 is 0 Å². The molecule has 0 saturated heterocycles. The molecule has 4 rings (SSSR count). The number of thioether (sulfide) groups is 1. The molecule has 0 atom stereocenters. The van der Waals surface area contributed by atoms with Gasteiger partial charge in [0.25, 0.3) is 0 Å². The number of aromatic amines is 1. The maximum atomic E-state index is 11.9. The number of nitrogens with zero attached hydrogens (tertiary/aromatic N) is 3. The van der Waals surface area contributed by atoms with Crippen LogP contribution in [0.4, 0.5) is 0 Å². The highest BCUT2D eigenvalue weighted by molar-refractivity contribution is 7.98. The van der Waals surface area contributed by atoms with E-state index in [-0.39, 0.29) is 5.56 Å². The van der Waals surface area contributed by atoms with Gasteiger partial charge in [-0.25, -0.2) is 0 Å². The van der Waals surface area contributed by atoms with Crippen molar-refractivity contribution in [1.82, 2.24) is 19.7 Å². The Labute approximate surface area is 170 Å². The summed E-state index contributed by atoms with van der Waals surface area (Å²) in [7, 11) is 1.90. The fourth-order valence-electron chi connectivity index (χ4n) is 2.81. The van der Waals surface area contributed by atoms with Crippen LogP contribution in [0.5, 0.6) is 5.75 Å². The summed E-state index contributed by atoms with van der Waals surface area (Å²) in [4.78, 5) is 14.8. The number of ether oxygens (including phenoxy) is 1. The minimum Gasteiger partial charge on any atom is -0.486 e. The lowest BCUT2D eigenvalue weighted by molar-refractivity contribution is 0.290. The van der Waals surface area contributed by atoms with E-state index in [1.54, 1.807) is 18.2 Å². The smallest absolute Gasteiger partial charge is 0.248 e. The van der Waals surface area contributed by atoms with E-state index in [0.29, 0.717) is 23.2 Å². The Kier molecular flexibility index (Phi) is 5.36. The predicted octanol–water partition coefficient (Wildman–Crippen LogP) is 4.18. The minimum absolute atomic E-state index is 0.107. The molecule has 28 heavy (non-hydrogen) atoms. The molecule has 0 saturated carbocycles. The molecule has 0 aliphatic rings. The first-order valence-corrected chi connectivity index (χ1v) is 9.97. The normalized spacial score (nSPS) is 11.1. The quantitative estimate of drug-likeness (QED) is 0.481. The lowest BCUT2D eigenvalue weighted by Gasteiger charge is -2.07. The van der Waals surface area contributed by atoms with Crippen LogP contribution in [0, 0.1) is 0 Å². The average Bonchev–Trinajstić information content (AvgIpc) is 3.05. The molecule has 0 amide bonds. The lowest BCUT2D eigenvalue weighted by Crippen LogP contribution is -2.06. The standard InChI is InChI=1S/C20H17ClN4O2S/c1-25-18(11-27-15-8-6-14(21)7-9-15)23-24-20(25)28-12-13-10-19(26)22-17-5-3-2-4-16(13)17/h2-10H,11-12H2,1H3,(H,22,26). The Hall–Kier alpha value is -2.77. The third-order valence-electron chi connectivity index (χ3n) is 4.30. The first-order chi connectivity index (χ1) is 13.6. The van der Waals surface area contributed by atoms with E-state index in [0.717, 1.165) is 27.4 Å². The van der Waals surface area contributed by atoms with Crippen LogP contribution < -0.4 is 10.3 Å². The first kappa shape index (κ1) is 18.6. The van der Waals surface area contributed by atoms with Gasteiger partial charge in [0.15, 0.2) is 11.0 Å². The summed E-state index contributed by atoms with van der Waals surface area (Å²) in [6.45, 7) is 0.305. The van der Waals surface area contributed by atoms with Gasteiger partial charge in [-0.05, 0) is 35.9 Å². The molecule has 0 unspecified atom stereocenters. The molecule has 0 aliphatic heterocycles. The van der Waals surface area contributed by atoms with Crippen LogP contribution in [0.25, 0.3) is 10.9 Å². The van der Waals surface area contributed by atoms with Crippen molar-refractivity contribution in [2.24, 2.45) is 7.05 Å². The van der Waals surface area contributed by atoms with Crippen molar-refractivity contribution in [3.63, 3.8) is 0 Å². The molecule has 2 aromatic carbocycles. The van der Waals surface area contributed by atoms with Crippen molar-refractivity contribution in [3.05, 3.63) is 81.4 Å². The topological polar surface area (TPSA) is 72.8 Å². The summed E-state index contributed by atoms with van der Waals surface area (Å²) in [5, 5.41) is 10.9. The van der Waals surface area contributed by atoms with Gasteiger partial charge in [-0.1, -0.05) is 41.6 Å². The molecular weight excluding hydrogens is 396 g/mol. The highest BCUT2D eigenvalue weighted by Gasteiger charge is 2.12. The van der Waals surface area contributed by atoms with Crippen molar-refractivity contribution in [2.75, 3.05) is 0 Å². The lowest BCUT2D eigenvalue weighted by atomic mass is 10.1. The molecule has 0 fully saturated rings. The number of halogens is 1. The minimum atomic E-state index is -0.107. The number of hydrogen-bond acceptors (Lipinski definition) is 5. The van der Waals surface area contributed by atoms with Gasteiger partial charge in [0, 0.05) is 34.8 Å². The largest absolute Gasteiger partial charge is 0.486 e. The van der Waals surface area contributed by atoms with Crippen molar-refractivity contribution >= 4 is 34.3 Å². The third-order valence-corrected chi connectivity index (χ3v) is 5.62. The van der Waals surface area contributed by atoms with Gasteiger partial charge in [0.05, 0.1) is 0 Å². The molecule has 0 radical (unpaired) electrons. The van der Waals surface area contributed by atoms with Gasteiger partial charge >= 0.3 is 0 Å². The number of benzene rings is 2. The second-order valence-corrected chi connectivity index (χ2v) is 7.57. The Morgan fingerprint density at radius 3 is 2.75 bits per heavy atom. The van der Waals surface area contributed by atoms with Gasteiger partial charge in [-0.2, -0.15) is 0 Å². The molecule has 1 N–H and O–H groups in total. The number of rotatable bonds is 6. The van der Waals surface area contributed by atoms with Crippen LogP contribution in [0.2, 0.25) is 5.02 Å². The fourth-order valence-corrected chi connectivity index (χ4v) is 3.86. The van der Waals surface area contributed by atoms with E-state index < -0.39 is 0 Å². The van der Waals surface area contributed by atoms with Gasteiger partial charge in [0.2, 0.25) is 5.56 Å². The monoisotopic (exact) mass is 412 g/mol. The molecule has 2 aromatic heterocycles. The number of nitrogens with one attached hydrogen (secondary N) is 1. The maximum absolute atomic E-state index is 11.9. The zero-order chi connectivity index (χ0) is 19.5. The van der Waals surface area contributed by atoms with Crippen LogP contribution in [-0.4, -0.2) is 19.7 Å². The summed E-state index contributed by atoms with van der Waals surface area (Å²) in [5.41, 5.74) is 1.69. The molecule has 142 valence electrons. The average molecular weight is 413 g/mol. The molecule has 4 aromatic rings. The maximum Gasteiger partial charge on any atom is 0.248 e. The highest BCUT2D eigenvalue weighted by atomic mass is 35.5. The SMILES string of the molecule is Cn1c(COc2ccc(Cl)cc2)nnc1SCc1cc(=O)[nH]c2ccccc12. The van der Waals surface area contributed by atoms with Crippen molar-refractivity contribution in [3.8, 4) is 5.75 Å². The summed E-state index contributed by atoms with van der Waals surface area (Å²) >= 11 is 7.41. The zero-order valence-electron chi connectivity index (χ0n) is 15.1. The van der Waals surface area contributed by atoms with E-state index in [2.05, 4.69) is 15.2 Å². The van der Waals surface area contributed by atoms with Gasteiger partial charge in [-0.3, -0.25) is 4.79 Å². The predicted molar refractivity (Wildman–Crippen MR) is 111 cm³/mol. The van der Waals surface area contributed by atoms with E-state index in [4.69, 9.17) is 16.3 Å². The highest BCUT2D eigenvalue weighted by Crippen LogP contribution is 2.25. The number of fused-ring (bicyclic) bond motifs is 1. The Morgan fingerprint density at radius 2 is 1.93 bits per heavy atom. The van der Waals surface area contributed by atoms with E-state index in [1.807, 2.05) is 48.0 Å². The molecule has 8 heteroatoms. The third kappa shape index (κ3) is 4.05. The second-order valence-electron chi connectivity index (χ2n) is 6.19. The van der Waals surface area contributed by atoms with Gasteiger partial charge < -0.3 is 14.3 Å². The van der Waals surface area contributed by atoms with E-state index in [1.165, 1.54) is 11.8 Å². The van der Waals surface area contributed by atoms with Crippen LogP contribution in [0.3, 0.4) is 0 Å². The zero-order valence-corrected chi connectivity index (χ0v) is 16.6. The molecule has 0 aliphatic carbocycles. The van der Waals surface area contributed by atoms with E-state index in [9.17, 15) is 4.79 Å². The Balaban J connectivity index is 1.46. The molecule has 2 heterocycles. The molecule has 6 nitrogen and oxygen atoms in total. The Bertz CT molecular complexity index is 1170. The van der Waals surface area contributed by atoms with Crippen molar-refractivity contribution < 1.29 is 4.74 Å². The molecule has 0 spiro atoms. The summed E-state index contributed by atoms with van der Waals surface area (Å²) in [6.07, 6.45) is 0. The van der Waals surface area contributed by atoms with Crippen LogP contribution in [0.1, 0.15) is 11.4 Å². The second kappa shape index (κ2) is 8.08. The number of hydrogen-bond donors (Lipinski definition) is 1. The van der Waals surface area contributed by atoms with Crippen LogP contribution in [-0.2, 0) is 19.4 Å². The Morgan fingerprint density at radius 1 is 1.14 bits per heavy atom. The molecule has 0 bridgehead atoms. The van der Waals surface area contributed by atoms with Gasteiger partial charge in [0.1, 0.15) is 12.4 Å². The van der Waals surface area contributed by atoms with Crippen molar-refractivity contribution in [2.45, 2.75) is 17.5 Å². The summed E-state index contributed by atoms with van der Waals surface area (Å²) in [5.74, 6) is 2.05. The van der Waals surface area contributed by atoms with Crippen LogP contribution in [0.15, 0.2) is 64.5 Å². The summed E-state index contributed by atoms with van der Waals surface area (Å²) < 4.78 is 7.64. The van der Waals surface area contributed by atoms with Gasteiger partial charge in [-0.15, -0.1) is 10.2 Å². The van der Waals surface area contributed by atoms with Crippen LogP contribution >= 0.6 is 23.4 Å².